The van der Waals surface area contributed by atoms with Crippen LogP contribution in [0.5, 0.6) is 5.75 Å². The van der Waals surface area contributed by atoms with Gasteiger partial charge >= 0.3 is 11.9 Å². The van der Waals surface area contributed by atoms with Gasteiger partial charge in [0.15, 0.2) is 0 Å². The zero-order chi connectivity index (χ0) is 29.6. The lowest BCUT2D eigenvalue weighted by Gasteiger charge is -2.23. The van der Waals surface area contributed by atoms with Crippen molar-refractivity contribution in [3.63, 3.8) is 0 Å². The Morgan fingerprint density at radius 2 is 1.36 bits per heavy atom. The monoisotopic (exact) mass is 565 g/mol. The van der Waals surface area contributed by atoms with Crippen molar-refractivity contribution in [2.45, 2.75) is 45.3 Å². The maximum Gasteiger partial charge on any atom is 0.309 e. The lowest BCUT2D eigenvalue weighted by molar-refractivity contribution is -0.140. The minimum Gasteiger partial charge on any atom is -0.489 e. The van der Waals surface area contributed by atoms with Crippen molar-refractivity contribution in [3.8, 4) is 16.9 Å². The number of hydrogen-bond acceptors (Lipinski definition) is 5. The summed E-state index contributed by atoms with van der Waals surface area (Å²) in [5.41, 5.74) is 6.69. The number of aliphatic carboxylic acids is 1. The van der Waals surface area contributed by atoms with E-state index in [1.54, 1.807) is 0 Å². The molecule has 4 aromatic carbocycles. The topological polar surface area (TPSA) is 76.1 Å². The number of para-hydroxylation sites is 1. The van der Waals surface area contributed by atoms with Crippen molar-refractivity contribution in [2.75, 3.05) is 20.2 Å². The smallest absolute Gasteiger partial charge is 0.309 e. The molecule has 0 spiro atoms. The van der Waals surface area contributed by atoms with E-state index in [9.17, 15) is 9.59 Å². The summed E-state index contributed by atoms with van der Waals surface area (Å²) < 4.78 is 11.0. The molecule has 0 amide bonds. The Labute approximate surface area is 248 Å². The maximum atomic E-state index is 11.6. The van der Waals surface area contributed by atoms with Crippen molar-refractivity contribution in [2.24, 2.45) is 0 Å². The number of benzene rings is 4. The van der Waals surface area contributed by atoms with E-state index in [2.05, 4.69) is 47.4 Å². The number of esters is 1. The van der Waals surface area contributed by atoms with Gasteiger partial charge < -0.3 is 14.6 Å². The van der Waals surface area contributed by atoms with E-state index < -0.39 is 5.97 Å². The number of nitrogens with zero attached hydrogens (tertiary/aromatic N) is 1. The Hall–Kier alpha value is -4.42. The second-order valence-electron chi connectivity index (χ2n) is 10.4. The van der Waals surface area contributed by atoms with E-state index in [1.165, 1.54) is 18.2 Å². The second-order valence-corrected chi connectivity index (χ2v) is 10.4. The average molecular weight is 566 g/mol. The first-order valence-electron chi connectivity index (χ1n) is 14.4. The molecule has 0 saturated heterocycles. The van der Waals surface area contributed by atoms with Crippen molar-refractivity contribution in [1.82, 2.24) is 4.90 Å². The summed E-state index contributed by atoms with van der Waals surface area (Å²) >= 11 is 0. The third kappa shape index (κ3) is 9.89. The lowest BCUT2D eigenvalue weighted by atomic mass is 10.0. The molecule has 6 heteroatoms. The third-order valence-electron chi connectivity index (χ3n) is 7.25. The molecule has 0 aromatic heterocycles. The van der Waals surface area contributed by atoms with E-state index >= 15 is 0 Å². The Bertz CT molecular complexity index is 1400. The largest absolute Gasteiger partial charge is 0.489 e. The van der Waals surface area contributed by atoms with Crippen LogP contribution in [0.3, 0.4) is 0 Å². The number of carboxylic acids is 1. The minimum absolute atomic E-state index is 0.180. The molecule has 0 aliphatic carbocycles. The SMILES string of the molecule is COC(=O)Cc1ccc(CN(CCCCC(=O)O)CCc2ccccc2OCc2ccc(-c3ccccc3)cc2)cc1. The van der Waals surface area contributed by atoms with Gasteiger partial charge in [0, 0.05) is 19.5 Å². The maximum absolute atomic E-state index is 11.6. The van der Waals surface area contributed by atoms with Gasteiger partial charge in [-0.1, -0.05) is 97.1 Å². The van der Waals surface area contributed by atoms with Crippen molar-refractivity contribution >= 4 is 11.9 Å². The number of carboxylic acid groups (broad SMARTS) is 1. The van der Waals surface area contributed by atoms with Gasteiger partial charge in [-0.25, -0.2) is 0 Å². The van der Waals surface area contributed by atoms with Gasteiger partial charge in [-0.05, 0) is 65.3 Å². The van der Waals surface area contributed by atoms with E-state index in [0.717, 1.165) is 60.5 Å². The Morgan fingerprint density at radius 1 is 0.714 bits per heavy atom. The van der Waals surface area contributed by atoms with Crippen LogP contribution in [0, 0.1) is 0 Å². The van der Waals surface area contributed by atoms with Gasteiger partial charge in [0.25, 0.3) is 0 Å². The quantitative estimate of drug-likeness (QED) is 0.117. The van der Waals surface area contributed by atoms with Gasteiger partial charge in [0.05, 0.1) is 13.5 Å². The normalized spacial score (nSPS) is 10.9. The number of rotatable bonds is 16. The molecule has 1 N–H and O–H groups in total. The van der Waals surface area contributed by atoms with E-state index in [-0.39, 0.29) is 18.8 Å². The van der Waals surface area contributed by atoms with E-state index in [4.69, 9.17) is 14.6 Å². The summed E-state index contributed by atoms with van der Waals surface area (Å²) in [4.78, 5) is 25.0. The fourth-order valence-corrected chi connectivity index (χ4v) is 4.86. The summed E-state index contributed by atoms with van der Waals surface area (Å²) in [5.74, 6) is -0.140. The molecule has 0 heterocycles. The molecule has 0 fully saturated rings. The van der Waals surface area contributed by atoms with Crippen LogP contribution in [-0.2, 0) is 40.3 Å². The molecule has 0 aliphatic heterocycles. The highest BCUT2D eigenvalue weighted by Gasteiger charge is 2.11. The molecule has 4 aromatic rings. The molecule has 0 atom stereocenters. The Kier molecular flexibility index (Phi) is 11.7. The van der Waals surface area contributed by atoms with Gasteiger partial charge in [-0.3, -0.25) is 14.5 Å². The lowest BCUT2D eigenvalue weighted by Crippen LogP contribution is -2.27. The van der Waals surface area contributed by atoms with Crippen LogP contribution in [0.2, 0.25) is 0 Å². The van der Waals surface area contributed by atoms with Crippen LogP contribution in [-0.4, -0.2) is 42.1 Å². The van der Waals surface area contributed by atoms with Crippen molar-refractivity contribution < 1.29 is 24.2 Å². The first-order valence-corrected chi connectivity index (χ1v) is 14.4. The van der Waals surface area contributed by atoms with Crippen LogP contribution in [0.15, 0.2) is 103 Å². The first-order chi connectivity index (χ1) is 20.5. The molecule has 0 bridgehead atoms. The van der Waals surface area contributed by atoms with Gasteiger partial charge in [-0.15, -0.1) is 0 Å². The number of methoxy groups -OCH3 is 1. The van der Waals surface area contributed by atoms with Gasteiger partial charge in [-0.2, -0.15) is 0 Å². The molecule has 6 nitrogen and oxygen atoms in total. The molecular formula is C36H39NO5. The molecule has 0 unspecified atom stereocenters. The van der Waals surface area contributed by atoms with Crippen molar-refractivity contribution in [1.29, 1.82) is 0 Å². The summed E-state index contributed by atoms with van der Waals surface area (Å²) in [5, 5.41) is 9.04. The molecule has 0 saturated carbocycles. The summed E-state index contributed by atoms with van der Waals surface area (Å²) in [7, 11) is 1.39. The second kappa shape index (κ2) is 16.1. The fourth-order valence-electron chi connectivity index (χ4n) is 4.86. The zero-order valence-electron chi connectivity index (χ0n) is 24.2. The predicted octanol–water partition coefficient (Wildman–Crippen LogP) is 6.95. The van der Waals surface area contributed by atoms with E-state index in [0.29, 0.717) is 13.0 Å². The van der Waals surface area contributed by atoms with Crippen LogP contribution in [0.25, 0.3) is 11.1 Å². The minimum atomic E-state index is -0.761. The predicted molar refractivity (Wildman–Crippen MR) is 165 cm³/mol. The van der Waals surface area contributed by atoms with Gasteiger partial charge in [0.2, 0.25) is 0 Å². The van der Waals surface area contributed by atoms with Crippen LogP contribution in [0.1, 0.15) is 41.5 Å². The van der Waals surface area contributed by atoms with Crippen LogP contribution < -0.4 is 4.74 Å². The van der Waals surface area contributed by atoms with Crippen molar-refractivity contribution in [3.05, 3.63) is 125 Å². The fraction of sp³-hybridized carbons (Fsp3) is 0.278. The summed E-state index contributed by atoms with van der Waals surface area (Å²) in [6.45, 7) is 2.84. The number of carbonyl (C=O) groups excluding carboxylic acids is 1. The Morgan fingerprint density at radius 3 is 2.07 bits per heavy atom. The molecule has 4 rings (SSSR count). The Balaban J connectivity index is 1.36. The van der Waals surface area contributed by atoms with Gasteiger partial charge in [0.1, 0.15) is 12.4 Å². The highest BCUT2D eigenvalue weighted by molar-refractivity contribution is 5.72. The van der Waals surface area contributed by atoms with Crippen LogP contribution in [0.4, 0.5) is 0 Å². The average Bonchev–Trinajstić information content (AvgIpc) is 3.02. The summed E-state index contributed by atoms with van der Waals surface area (Å²) in [6.07, 6.45) is 2.70. The highest BCUT2D eigenvalue weighted by Crippen LogP contribution is 2.23. The molecular weight excluding hydrogens is 526 g/mol. The van der Waals surface area contributed by atoms with E-state index in [1.807, 2.05) is 60.7 Å². The molecule has 218 valence electrons. The zero-order valence-corrected chi connectivity index (χ0v) is 24.2. The standard InChI is InChI=1S/C36H39NO5/c1-41-36(40)25-28-14-16-29(17-15-28)26-37(23-8-7-13-35(38)39)24-22-33-11-5-6-12-34(33)42-27-30-18-20-32(21-19-30)31-9-3-2-4-10-31/h2-6,9-12,14-21H,7-8,13,22-27H2,1H3,(H,38,39). The molecule has 0 radical (unpaired) electrons. The molecule has 0 aliphatic rings. The first kappa shape index (κ1) is 30.5. The number of hydrogen-bond donors (Lipinski definition) is 1. The highest BCUT2D eigenvalue weighted by atomic mass is 16.5. The third-order valence-corrected chi connectivity index (χ3v) is 7.25. The number of unbranched alkanes of at least 4 members (excludes halogenated alkanes) is 1. The summed E-state index contributed by atoms with van der Waals surface area (Å²) in [6, 6.07) is 35.0. The van der Waals surface area contributed by atoms with Crippen LogP contribution >= 0.6 is 0 Å². The number of ether oxygens (including phenoxy) is 2. The number of carbonyl (C=O) groups is 2. The molecule has 42 heavy (non-hydrogen) atoms.